The van der Waals surface area contributed by atoms with E-state index in [-0.39, 0.29) is 36.3 Å². The van der Waals surface area contributed by atoms with Crippen LogP contribution >= 0.6 is 35.7 Å². The van der Waals surface area contributed by atoms with Crippen molar-refractivity contribution in [1.29, 1.82) is 0 Å². The number of pyridine rings is 1. The summed E-state index contributed by atoms with van der Waals surface area (Å²) in [5, 5.41) is 0. The van der Waals surface area contributed by atoms with E-state index < -0.39 is 0 Å². The van der Waals surface area contributed by atoms with Gasteiger partial charge >= 0.3 is 0 Å². The van der Waals surface area contributed by atoms with Gasteiger partial charge in [-0.3, -0.25) is 4.98 Å². The summed E-state index contributed by atoms with van der Waals surface area (Å²) < 4.78 is 13.3. The van der Waals surface area contributed by atoms with Crippen LogP contribution in [0.2, 0.25) is 0 Å². The Hall–Kier alpha value is -0.570. The topological polar surface area (TPSA) is 54.5 Å². The van der Waals surface area contributed by atoms with Gasteiger partial charge in [-0.2, -0.15) is 11.8 Å². The van der Waals surface area contributed by atoms with Crippen LogP contribution in [0.25, 0.3) is 0 Å². The first-order chi connectivity index (χ1) is 8.27. The third-order valence-corrected chi connectivity index (χ3v) is 3.50. The standard InChI is InChI=1S/C11H15FN4S.HI/c12-9-2-1-3-14-10(9)8-15-11(13)16-4-6-17-7-5-16;/h1-3H,4-8H2,(H2,13,15);1H. The van der Waals surface area contributed by atoms with Crippen molar-refractivity contribution >= 4 is 41.7 Å². The zero-order valence-electron chi connectivity index (χ0n) is 9.88. The molecule has 1 aliphatic rings. The lowest BCUT2D eigenvalue weighted by Crippen LogP contribution is -2.42. The van der Waals surface area contributed by atoms with E-state index in [9.17, 15) is 4.39 Å². The predicted octanol–water partition coefficient (Wildman–Crippen LogP) is 1.70. The second kappa shape index (κ2) is 7.78. The van der Waals surface area contributed by atoms with Gasteiger partial charge in [0.05, 0.1) is 12.2 Å². The second-order valence-corrected chi connectivity index (χ2v) is 4.93. The number of guanidine groups is 1. The van der Waals surface area contributed by atoms with Gasteiger partial charge in [-0.25, -0.2) is 9.38 Å². The van der Waals surface area contributed by atoms with E-state index in [1.54, 1.807) is 12.3 Å². The van der Waals surface area contributed by atoms with Crippen LogP contribution in [-0.2, 0) is 6.54 Å². The lowest BCUT2D eigenvalue weighted by Gasteiger charge is -2.27. The Kier molecular flexibility index (Phi) is 6.69. The summed E-state index contributed by atoms with van der Waals surface area (Å²) >= 11 is 1.91. The van der Waals surface area contributed by atoms with Crippen molar-refractivity contribution in [3.8, 4) is 0 Å². The van der Waals surface area contributed by atoms with Crippen LogP contribution in [0.1, 0.15) is 5.69 Å². The van der Waals surface area contributed by atoms with Crippen LogP contribution in [0.5, 0.6) is 0 Å². The van der Waals surface area contributed by atoms with Gasteiger partial charge in [0, 0.05) is 30.8 Å². The van der Waals surface area contributed by atoms with Gasteiger partial charge in [-0.05, 0) is 12.1 Å². The highest BCUT2D eigenvalue weighted by molar-refractivity contribution is 14.0. The van der Waals surface area contributed by atoms with Crippen molar-refractivity contribution in [2.45, 2.75) is 6.54 Å². The Balaban J connectivity index is 0.00000162. The third-order valence-electron chi connectivity index (χ3n) is 2.56. The van der Waals surface area contributed by atoms with Gasteiger partial charge in [0.15, 0.2) is 5.96 Å². The molecule has 0 aromatic carbocycles. The maximum atomic E-state index is 13.3. The van der Waals surface area contributed by atoms with Crippen molar-refractivity contribution < 1.29 is 4.39 Å². The summed E-state index contributed by atoms with van der Waals surface area (Å²) in [6, 6.07) is 2.94. The predicted molar refractivity (Wildman–Crippen MR) is 83.8 cm³/mol. The van der Waals surface area contributed by atoms with E-state index in [4.69, 9.17) is 5.73 Å². The Morgan fingerprint density at radius 1 is 1.50 bits per heavy atom. The quantitative estimate of drug-likeness (QED) is 0.481. The minimum Gasteiger partial charge on any atom is -0.370 e. The van der Waals surface area contributed by atoms with Gasteiger partial charge in [0.2, 0.25) is 0 Å². The molecule has 0 atom stereocenters. The van der Waals surface area contributed by atoms with Crippen molar-refractivity contribution in [2.75, 3.05) is 24.6 Å². The number of nitrogens with two attached hydrogens (primary N) is 1. The van der Waals surface area contributed by atoms with Crippen LogP contribution in [0.15, 0.2) is 23.3 Å². The maximum absolute atomic E-state index is 13.3. The number of halogens is 2. The monoisotopic (exact) mass is 382 g/mol. The molecule has 0 aliphatic carbocycles. The maximum Gasteiger partial charge on any atom is 0.191 e. The zero-order chi connectivity index (χ0) is 12.1. The normalized spacial score (nSPS) is 16.3. The average molecular weight is 382 g/mol. The summed E-state index contributed by atoms with van der Waals surface area (Å²) in [6.45, 7) is 2.01. The zero-order valence-corrected chi connectivity index (χ0v) is 13.0. The Morgan fingerprint density at radius 2 is 2.22 bits per heavy atom. The number of hydrogen-bond acceptors (Lipinski definition) is 3. The fourth-order valence-corrected chi connectivity index (χ4v) is 2.49. The molecule has 1 aromatic heterocycles. The summed E-state index contributed by atoms with van der Waals surface area (Å²) in [4.78, 5) is 10.1. The fraction of sp³-hybridized carbons (Fsp3) is 0.455. The molecule has 0 spiro atoms. The average Bonchev–Trinajstić information content (AvgIpc) is 2.38. The van der Waals surface area contributed by atoms with E-state index in [1.165, 1.54) is 6.07 Å². The molecule has 7 heteroatoms. The first-order valence-electron chi connectivity index (χ1n) is 5.49. The van der Waals surface area contributed by atoms with Crippen molar-refractivity contribution in [1.82, 2.24) is 9.88 Å². The lowest BCUT2D eigenvalue weighted by atomic mass is 10.3. The fourth-order valence-electron chi connectivity index (χ4n) is 1.58. The van der Waals surface area contributed by atoms with E-state index >= 15 is 0 Å². The molecule has 2 N–H and O–H groups in total. The summed E-state index contributed by atoms with van der Waals surface area (Å²) in [6.07, 6.45) is 1.56. The molecule has 18 heavy (non-hydrogen) atoms. The smallest absolute Gasteiger partial charge is 0.191 e. The molecule has 4 nitrogen and oxygen atoms in total. The molecular formula is C11H16FIN4S. The van der Waals surface area contributed by atoms with E-state index in [1.807, 2.05) is 16.7 Å². The highest BCUT2D eigenvalue weighted by Crippen LogP contribution is 2.09. The van der Waals surface area contributed by atoms with Crippen LogP contribution in [0.3, 0.4) is 0 Å². The number of thioether (sulfide) groups is 1. The molecule has 0 unspecified atom stereocenters. The summed E-state index contributed by atoms with van der Waals surface area (Å²) in [5.74, 6) is 2.27. The van der Waals surface area contributed by atoms with Gasteiger partial charge in [0.1, 0.15) is 5.82 Å². The molecule has 1 aliphatic heterocycles. The lowest BCUT2D eigenvalue weighted by molar-refractivity contribution is 0.455. The van der Waals surface area contributed by atoms with Gasteiger partial charge < -0.3 is 10.6 Å². The largest absolute Gasteiger partial charge is 0.370 e. The first-order valence-corrected chi connectivity index (χ1v) is 6.65. The van der Waals surface area contributed by atoms with E-state index in [2.05, 4.69) is 9.98 Å². The molecule has 0 radical (unpaired) electrons. The summed E-state index contributed by atoms with van der Waals surface area (Å²) in [5.41, 5.74) is 6.20. The minimum atomic E-state index is -0.335. The number of aliphatic imine (C=N–C) groups is 1. The molecule has 100 valence electrons. The van der Waals surface area contributed by atoms with Crippen LogP contribution in [0.4, 0.5) is 4.39 Å². The second-order valence-electron chi connectivity index (χ2n) is 3.71. The molecule has 1 aromatic rings. The third kappa shape index (κ3) is 4.27. The van der Waals surface area contributed by atoms with Crippen molar-refractivity contribution in [3.63, 3.8) is 0 Å². The molecule has 0 amide bonds. The molecule has 2 rings (SSSR count). The van der Waals surface area contributed by atoms with Crippen LogP contribution in [0, 0.1) is 5.82 Å². The van der Waals surface area contributed by atoms with Gasteiger partial charge in [-0.1, -0.05) is 0 Å². The Morgan fingerprint density at radius 3 is 2.89 bits per heavy atom. The molecule has 0 bridgehead atoms. The van der Waals surface area contributed by atoms with Gasteiger partial charge in [-0.15, -0.1) is 24.0 Å². The first kappa shape index (κ1) is 15.5. The Bertz CT molecular complexity index is 410. The highest BCUT2D eigenvalue weighted by Gasteiger charge is 2.12. The molecule has 2 heterocycles. The molecular weight excluding hydrogens is 366 g/mol. The SMILES string of the molecule is I.NC(=NCc1ncccc1F)N1CCSCC1. The molecule has 1 saturated heterocycles. The Labute approximate surface area is 127 Å². The highest BCUT2D eigenvalue weighted by atomic mass is 127. The number of aromatic nitrogens is 1. The van der Waals surface area contributed by atoms with Crippen LogP contribution < -0.4 is 5.73 Å². The van der Waals surface area contributed by atoms with Crippen LogP contribution in [-0.4, -0.2) is 40.4 Å². The van der Waals surface area contributed by atoms with Crippen molar-refractivity contribution in [3.05, 3.63) is 29.8 Å². The van der Waals surface area contributed by atoms with E-state index in [0.29, 0.717) is 11.7 Å². The molecule has 0 saturated carbocycles. The summed E-state index contributed by atoms with van der Waals surface area (Å²) in [7, 11) is 0. The van der Waals surface area contributed by atoms with Gasteiger partial charge in [0.25, 0.3) is 0 Å². The number of hydrogen-bond donors (Lipinski definition) is 1. The van der Waals surface area contributed by atoms with Crippen molar-refractivity contribution in [2.24, 2.45) is 10.7 Å². The number of nitrogens with zero attached hydrogens (tertiary/aromatic N) is 3. The molecule has 1 fully saturated rings. The number of rotatable bonds is 2. The van der Waals surface area contributed by atoms with E-state index in [0.717, 1.165) is 24.6 Å². The minimum absolute atomic E-state index is 0.